The minimum absolute atomic E-state index is 0.0214. The van der Waals surface area contributed by atoms with Gasteiger partial charge in [-0.05, 0) is 31.2 Å². The minimum Gasteiger partial charge on any atom is -0.468 e. The molecule has 10 nitrogen and oxygen atoms in total. The van der Waals surface area contributed by atoms with Gasteiger partial charge in [0.25, 0.3) is 0 Å². The number of methoxy groups -OCH3 is 1. The topological polar surface area (TPSA) is 141 Å². The molecule has 0 fully saturated rings. The van der Waals surface area contributed by atoms with Crippen LogP contribution in [0.4, 0.5) is 17.3 Å². The lowest BCUT2D eigenvalue weighted by molar-refractivity contribution is -0.137. The normalized spacial score (nSPS) is 11.5. The standard InChI is InChI=1S/C16H20N6O4S/c1-9(22-15(17)20-21-16(22)27-8-13(24)26-3)14(25)19-12-6-4-11(5-7-12)18-10(2)23/h4-7,9H,8H2,1-3H3,(H2,17,20)(H,18,23)(H,19,25). The van der Waals surface area contributed by atoms with Crippen LogP contribution < -0.4 is 16.4 Å². The van der Waals surface area contributed by atoms with Gasteiger partial charge < -0.3 is 21.1 Å². The molecule has 2 rings (SSSR count). The third-order valence-electron chi connectivity index (χ3n) is 3.48. The molecule has 0 aliphatic rings. The zero-order chi connectivity index (χ0) is 20.0. The van der Waals surface area contributed by atoms with Crippen molar-refractivity contribution in [2.75, 3.05) is 29.2 Å². The maximum Gasteiger partial charge on any atom is 0.316 e. The number of anilines is 3. The molecule has 0 radical (unpaired) electrons. The van der Waals surface area contributed by atoms with Crippen LogP contribution in [-0.4, -0.2) is 45.4 Å². The molecule has 0 aliphatic carbocycles. The van der Waals surface area contributed by atoms with Crippen LogP contribution in [0.5, 0.6) is 0 Å². The number of thioether (sulfide) groups is 1. The molecule has 144 valence electrons. The Kier molecular flexibility index (Phi) is 6.77. The van der Waals surface area contributed by atoms with Crippen LogP contribution in [0, 0.1) is 0 Å². The molecule has 0 aliphatic heterocycles. The monoisotopic (exact) mass is 392 g/mol. The summed E-state index contributed by atoms with van der Waals surface area (Å²) in [6.45, 7) is 3.06. The minimum atomic E-state index is -0.713. The molecule has 0 saturated carbocycles. The van der Waals surface area contributed by atoms with Crippen LogP contribution in [-0.2, 0) is 19.1 Å². The molecular weight excluding hydrogens is 372 g/mol. The molecule has 1 atom stereocenters. The Morgan fingerprint density at radius 3 is 2.33 bits per heavy atom. The fraction of sp³-hybridized carbons (Fsp3) is 0.312. The van der Waals surface area contributed by atoms with Gasteiger partial charge in [0, 0.05) is 18.3 Å². The summed E-state index contributed by atoms with van der Waals surface area (Å²) in [5.41, 5.74) is 6.99. The third-order valence-corrected chi connectivity index (χ3v) is 4.39. The smallest absolute Gasteiger partial charge is 0.316 e. The van der Waals surface area contributed by atoms with E-state index in [0.29, 0.717) is 16.5 Å². The number of nitrogen functional groups attached to an aromatic ring is 1. The maximum atomic E-state index is 12.6. The Labute approximate surface area is 159 Å². The molecule has 1 aromatic carbocycles. The predicted octanol–water partition coefficient (Wildman–Crippen LogP) is 1.28. The molecule has 1 aromatic heterocycles. The van der Waals surface area contributed by atoms with Crippen molar-refractivity contribution in [3.8, 4) is 0 Å². The lowest BCUT2D eigenvalue weighted by atomic mass is 10.2. The number of carbonyl (C=O) groups is 3. The van der Waals surface area contributed by atoms with E-state index in [9.17, 15) is 14.4 Å². The van der Waals surface area contributed by atoms with E-state index in [1.54, 1.807) is 31.2 Å². The molecular formula is C16H20N6O4S. The van der Waals surface area contributed by atoms with Crippen molar-refractivity contribution in [1.29, 1.82) is 0 Å². The number of ether oxygens (including phenoxy) is 1. The first-order valence-electron chi connectivity index (χ1n) is 7.90. The van der Waals surface area contributed by atoms with Gasteiger partial charge in [-0.1, -0.05) is 11.8 Å². The quantitative estimate of drug-likeness (QED) is 0.473. The van der Waals surface area contributed by atoms with Gasteiger partial charge in [-0.25, -0.2) is 0 Å². The number of hydrogen-bond donors (Lipinski definition) is 3. The van der Waals surface area contributed by atoms with Gasteiger partial charge in [-0.15, -0.1) is 10.2 Å². The average molecular weight is 392 g/mol. The summed E-state index contributed by atoms with van der Waals surface area (Å²) in [6.07, 6.45) is 0. The lowest BCUT2D eigenvalue weighted by Gasteiger charge is -2.16. The van der Waals surface area contributed by atoms with Gasteiger partial charge in [-0.2, -0.15) is 0 Å². The van der Waals surface area contributed by atoms with Gasteiger partial charge in [0.15, 0.2) is 5.16 Å². The summed E-state index contributed by atoms with van der Waals surface area (Å²) in [7, 11) is 1.29. The highest BCUT2D eigenvalue weighted by atomic mass is 32.2. The molecule has 2 amide bonds. The van der Waals surface area contributed by atoms with Gasteiger partial charge in [0.2, 0.25) is 17.8 Å². The maximum absolute atomic E-state index is 12.6. The van der Waals surface area contributed by atoms with Crippen LogP contribution in [0.3, 0.4) is 0 Å². The summed E-state index contributed by atoms with van der Waals surface area (Å²) in [5, 5.41) is 13.4. The number of nitrogens with zero attached hydrogens (tertiary/aromatic N) is 3. The van der Waals surface area contributed by atoms with E-state index in [2.05, 4.69) is 25.6 Å². The van der Waals surface area contributed by atoms with Crippen LogP contribution in [0.15, 0.2) is 29.4 Å². The lowest BCUT2D eigenvalue weighted by Crippen LogP contribution is -2.25. The Bertz CT molecular complexity index is 836. The van der Waals surface area contributed by atoms with Crippen LogP contribution >= 0.6 is 11.8 Å². The Hall–Kier alpha value is -3.08. The number of aromatic nitrogens is 3. The first-order valence-corrected chi connectivity index (χ1v) is 8.89. The molecule has 27 heavy (non-hydrogen) atoms. The average Bonchev–Trinajstić information content (AvgIpc) is 3.00. The fourth-order valence-corrected chi connectivity index (χ4v) is 2.99. The SMILES string of the molecule is COC(=O)CSc1nnc(N)n1C(C)C(=O)Nc1ccc(NC(C)=O)cc1. The Morgan fingerprint density at radius 1 is 1.19 bits per heavy atom. The molecule has 4 N–H and O–H groups in total. The van der Waals surface area contributed by atoms with Crippen molar-refractivity contribution in [2.45, 2.75) is 25.0 Å². The number of hydrogen-bond acceptors (Lipinski definition) is 8. The van der Waals surface area contributed by atoms with Crippen LogP contribution in [0.2, 0.25) is 0 Å². The zero-order valence-corrected chi connectivity index (χ0v) is 15.9. The summed E-state index contributed by atoms with van der Waals surface area (Å²) in [4.78, 5) is 34.9. The summed E-state index contributed by atoms with van der Waals surface area (Å²) < 4.78 is 6.02. The van der Waals surface area contributed by atoms with Crippen LogP contribution in [0.25, 0.3) is 0 Å². The molecule has 11 heteroatoms. The van der Waals surface area contributed by atoms with Gasteiger partial charge in [0.05, 0.1) is 12.9 Å². The number of nitrogens with two attached hydrogens (primary N) is 1. The Morgan fingerprint density at radius 2 is 1.78 bits per heavy atom. The number of esters is 1. The number of amides is 2. The molecule has 1 heterocycles. The number of rotatable bonds is 7. The number of nitrogens with one attached hydrogen (secondary N) is 2. The molecule has 1 unspecified atom stereocenters. The summed E-state index contributed by atoms with van der Waals surface area (Å²) in [6, 6.07) is 5.96. The second-order valence-corrected chi connectivity index (χ2v) is 6.44. The Balaban J connectivity index is 2.07. The van der Waals surface area contributed by atoms with E-state index < -0.39 is 12.0 Å². The highest BCUT2D eigenvalue weighted by Crippen LogP contribution is 2.24. The van der Waals surface area contributed by atoms with Crippen molar-refractivity contribution < 1.29 is 19.1 Å². The van der Waals surface area contributed by atoms with E-state index in [4.69, 9.17) is 5.73 Å². The van der Waals surface area contributed by atoms with Crippen molar-refractivity contribution >= 4 is 46.9 Å². The second-order valence-electron chi connectivity index (χ2n) is 5.50. The van der Waals surface area contributed by atoms with E-state index in [-0.39, 0.29) is 23.5 Å². The van der Waals surface area contributed by atoms with Crippen molar-refractivity contribution in [1.82, 2.24) is 14.8 Å². The molecule has 0 bridgehead atoms. The number of benzene rings is 1. The first-order chi connectivity index (χ1) is 12.8. The highest BCUT2D eigenvalue weighted by Gasteiger charge is 2.23. The summed E-state index contributed by atoms with van der Waals surface area (Å²) >= 11 is 1.07. The molecule has 0 spiro atoms. The van der Waals surface area contributed by atoms with Crippen molar-refractivity contribution in [3.63, 3.8) is 0 Å². The zero-order valence-electron chi connectivity index (χ0n) is 15.1. The molecule has 2 aromatic rings. The van der Waals surface area contributed by atoms with E-state index in [1.165, 1.54) is 18.6 Å². The highest BCUT2D eigenvalue weighted by molar-refractivity contribution is 7.99. The third kappa shape index (κ3) is 5.45. The van der Waals surface area contributed by atoms with Gasteiger partial charge >= 0.3 is 5.97 Å². The van der Waals surface area contributed by atoms with Crippen LogP contribution in [0.1, 0.15) is 19.9 Å². The van der Waals surface area contributed by atoms with Crippen molar-refractivity contribution in [2.24, 2.45) is 0 Å². The van der Waals surface area contributed by atoms with Gasteiger partial charge in [-0.3, -0.25) is 19.0 Å². The van der Waals surface area contributed by atoms with Crippen molar-refractivity contribution in [3.05, 3.63) is 24.3 Å². The largest absolute Gasteiger partial charge is 0.468 e. The predicted molar refractivity (Wildman–Crippen MR) is 101 cm³/mol. The van der Waals surface area contributed by atoms with E-state index in [1.807, 2.05) is 0 Å². The fourth-order valence-electron chi connectivity index (χ4n) is 2.14. The summed E-state index contributed by atoms with van der Waals surface area (Å²) in [5.74, 6) is -0.863. The molecule has 0 saturated heterocycles. The number of carbonyl (C=O) groups excluding carboxylic acids is 3. The van der Waals surface area contributed by atoms with Gasteiger partial charge in [0.1, 0.15) is 6.04 Å². The van der Waals surface area contributed by atoms with E-state index >= 15 is 0 Å². The van der Waals surface area contributed by atoms with E-state index in [0.717, 1.165) is 11.8 Å². The second kappa shape index (κ2) is 9.03. The first kappa shape index (κ1) is 20.2.